The second-order valence-corrected chi connectivity index (χ2v) is 6.86. The molecule has 0 fully saturated rings. The zero-order valence-corrected chi connectivity index (χ0v) is 12.2. The highest BCUT2D eigenvalue weighted by molar-refractivity contribution is 9.10. The maximum atomic E-state index is 11.9. The zero-order chi connectivity index (χ0) is 12.2. The summed E-state index contributed by atoms with van der Waals surface area (Å²) < 4.78 is 27.0. The first-order chi connectivity index (χ1) is 7.45. The average molecular weight is 325 g/mol. The van der Waals surface area contributed by atoms with Gasteiger partial charge < -0.3 is 0 Å². The fraction of sp³-hybridized carbons (Fsp3) is 0.444. The van der Waals surface area contributed by atoms with Crippen molar-refractivity contribution in [2.45, 2.75) is 17.9 Å². The van der Waals surface area contributed by atoms with E-state index in [1.165, 1.54) is 12.3 Å². The highest BCUT2D eigenvalue weighted by Gasteiger charge is 2.17. The summed E-state index contributed by atoms with van der Waals surface area (Å²) in [5.41, 5.74) is 0. The van der Waals surface area contributed by atoms with Gasteiger partial charge in [0, 0.05) is 28.7 Å². The molecule has 1 N–H and O–H groups in total. The minimum atomic E-state index is -3.46. The summed E-state index contributed by atoms with van der Waals surface area (Å²) in [5.74, 6) is 0.737. The molecule has 0 amide bonds. The largest absolute Gasteiger partial charge is 0.262 e. The molecular weight excluding hydrogens is 312 g/mol. The number of thioether (sulfide) groups is 1. The lowest BCUT2D eigenvalue weighted by Crippen LogP contribution is -2.34. The van der Waals surface area contributed by atoms with Gasteiger partial charge in [-0.2, -0.15) is 11.8 Å². The molecule has 1 unspecified atom stereocenters. The topological polar surface area (TPSA) is 59.1 Å². The molecule has 7 heteroatoms. The van der Waals surface area contributed by atoms with E-state index in [0.717, 1.165) is 5.75 Å². The van der Waals surface area contributed by atoms with Crippen LogP contribution in [0.5, 0.6) is 0 Å². The van der Waals surface area contributed by atoms with Crippen LogP contribution >= 0.6 is 27.7 Å². The molecular formula is C9H13BrN2O2S2. The maximum Gasteiger partial charge on any atom is 0.242 e. The molecule has 0 aliphatic heterocycles. The van der Waals surface area contributed by atoms with Crippen molar-refractivity contribution in [2.24, 2.45) is 0 Å². The summed E-state index contributed by atoms with van der Waals surface area (Å²) in [4.78, 5) is 4.01. The van der Waals surface area contributed by atoms with Crippen LogP contribution in [0.15, 0.2) is 27.8 Å². The molecule has 1 aromatic rings. The first-order valence-corrected chi connectivity index (χ1v) is 8.24. The molecule has 0 radical (unpaired) electrons. The third kappa shape index (κ3) is 4.04. The fourth-order valence-corrected chi connectivity index (χ4v) is 3.59. The summed E-state index contributed by atoms with van der Waals surface area (Å²) >= 11 is 4.79. The number of hydrogen-bond donors (Lipinski definition) is 1. The molecule has 0 bridgehead atoms. The number of aromatic nitrogens is 1. The molecule has 0 spiro atoms. The number of hydrogen-bond acceptors (Lipinski definition) is 4. The van der Waals surface area contributed by atoms with E-state index in [2.05, 4.69) is 25.6 Å². The third-order valence-electron chi connectivity index (χ3n) is 1.76. The van der Waals surface area contributed by atoms with E-state index in [1.807, 2.05) is 13.2 Å². The Morgan fingerprint density at radius 3 is 2.81 bits per heavy atom. The molecule has 1 rings (SSSR count). The van der Waals surface area contributed by atoms with Crippen molar-refractivity contribution in [3.8, 4) is 0 Å². The quantitative estimate of drug-likeness (QED) is 0.898. The van der Waals surface area contributed by atoms with E-state index in [1.54, 1.807) is 18.0 Å². The van der Waals surface area contributed by atoms with Gasteiger partial charge in [-0.25, -0.2) is 13.1 Å². The van der Waals surface area contributed by atoms with E-state index in [-0.39, 0.29) is 10.9 Å². The summed E-state index contributed by atoms with van der Waals surface area (Å²) in [5, 5.41) is 0. The van der Waals surface area contributed by atoms with Gasteiger partial charge in [-0.15, -0.1) is 0 Å². The van der Waals surface area contributed by atoms with Gasteiger partial charge in [-0.3, -0.25) is 4.98 Å². The first kappa shape index (κ1) is 14.0. The van der Waals surface area contributed by atoms with Gasteiger partial charge in [0.05, 0.1) is 0 Å². The molecule has 16 heavy (non-hydrogen) atoms. The fourth-order valence-electron chi connectivity index (χ4n) is 1.16. The number of nitrogens with one attached hydrogen (secondary N) is 1. The van der Waals surface area contributed by atoms with E-state index >= 15 is 0 Å². The lowest BCUT2D eigenvalue weighted by atomic mass is 10.4. The van der Waals surface area contributed by atoms with Crippen molar-refractivity contribution in [2.75, 3.05) is 12.0 Å². The van der Waals surface area contributed by atoms with E-state index in [4.69, 9.17) is 0 Å². The number of sulfonamides is 1. The Kier molecular flexibility index (Phi) is 5.23. The minimum Gasteiger partial charge on any atom is -0.262 e. The van der Waals surface area contributed by atoms with Gasteiger partial charge >= 0.3 is 0 Å². The van der Waals surface area contributed by atoms with Crippen LogP contribution in [0.3, 0.4) is 0 Å². The minimum absolute atomic E-state index is 0.0982. The van der Waals surface area contributed by atoms with Crippen LogP contribution < -0.4 is 4.72 Å². The molecule has 0 aliphatic carbocycles. The molecule has 0 saturated heterocycles. The summed E-state index contributed by atoms with van der Waals surface area (Å²) in [6.07, 6.45) is 4.81. The Balaban J connectivity index is 2.86. The van der Waals surface area contributed by atoms with Crippen LogP contribution in [0.2, 0.25) is 0 Å². The van der Waals surface area contributed by atoms with Gasteiger partial charge in [-0.05, 0) is 35.2 Å². The van der Waals surface area contributed by atoms with Gasteiger partial charge in [0.15, 0.2) is 0 Å². The second-order valence-electron chi connectivity index (χ2n) is 3.32. The first-order valence-electron chi connectivity index (χ1n) is 4.57. The van der Waals surface area contributed by atoms with Crippen LogP contribution in [0.4, 0.5) is 0 Å². The van der Waals surface area contributed by atoms with E-state index in [9.17, 15) is 8.42 Å². The molecule has 0 aliphatic rings. The molecule has 1 atom stereocenters. The zero-order valence-electron chi connectivity index (χ0n) is 8.97. The van der Waals surface area contributed by atoms with Crippen LogP contribution in [0.25, 0.3) is 0 Å². The van der Waals surface area contributed by atoms with Crippen LogP contribution in [-0.2, 0) is 10.0 Å². The molecule has 1 aromatic heterocycles. The van der Waals surface area contributed by atoms with Crippen molar-refractivity contribution in [3.05, 3.63) is 22.9 Å². The Hall–Kier alpha value is -0.110. The standard InChI is InChI=1S/C9H13BrN2O2S2/c1-7(6-15-2)12-16(13,14)9-3-8(10)4-11-5-9/h3-5,7,12H,6H2,1-2H3. The van der Waals surface area contributed by atoms with Crippen LogP contribution in [0, 0.1) is 0 Å². The van der Waals surface area contributed by atoms with Gasteiger partial charge in [-0.1, -0.05) is 0 Å². The molecule has 4 nitrogen and oxygen atoms in total. The van der Waals surface area contributed by atoms with Crippen LogP contribution in [0.1, 0.15) is 6.92 Å². The van der Waals surface area contributed by atoms with Gasteiger partial charge in [0.1, 0.15) is 4.90 Å². The lowest BCUT2D eigenvalue weighted by Gasteiger charge is -2.12. The number of rotatable bonds is 5. The van der Waals surface area contributed by atoms with Gasteiger partial charge in [0.2, 0.25) is 10.0 Å². The molecule has 90 valence electrons. The monoisotopic (exact) mass is 324 g/mol. The average Bonchev–Trinajstić information content (AvgIpc) is 2.17. The molecule has 0 aromatic carbocycles. The second kappa shape index (κ2) is 6.00. The smallest absolute Gasteiger partial charge is 0.242 e. The Morgan fingerprint density at radius 1 is 1.56 bits per heavy atom. The number of nitrogens with zero attached hydrogens (tertiary/aromatic N) is 1. The van der Waals surface area contributed by atoms with Crippen molar-refractivity contribution in [1.82, 2.24) is 9.71 Å². The highest BCUT2D eigenvalue weighted by Crippen LogP contribution is 2.14. The van der Waals surface area contributed by atoms with Crippen molar-refractivity contribution in [3.63, 3.8) is 0 Å². The predicted molar refractivity (Wildman–Crippen MR) is 70.1 cm³/mol. The van der Waals surface area contributed by atoms with Crippen molar-refractivity contribution in [1.29, 1.82) is 0 Å². The number of pyridine rings is 1. The van der Waals surface area contributed by atoms with Crippen LogP contribution in [-0.4, -0.2) is 31.5 Å². The van der Waals surface area contributed by atoms with Crippen molar-refractivity contribution < 1.29 is 8.42 Å². The SMILES string of the molecule is CSCC(C)NS(=O)(=O)c1cncc(Br)c1. The Bertz CT molecular complexity index is 451. The predicted octanol–water partition coefficient (Wildman–Crippen LogP) is 1.87. The van der Waals surface area contributed by atoms with Crippen molar-refractivity contribution >= 4 is 37.7 Å². The van der Waals surface area contributed by atoms with E-state index < -0.39 is 10.0 Å². The normalized spacial score (nSPS) is 13.7. The summed E-state index contributed by atoms with van der Waals surface area (Å²) in [6.45, 7) is 1.83. The molecule has 0 saturated carbocycles. The van der Waals surface area contributed by atoms with E-state index in [0.29, 0.717) is 4.47 Å². The Morgan fingerprint density at radius 2 is 2.25 bits per heavy atom. The Labute approximate surface area is 108 Å². The summed E-state index contributed by atoms with van der Waals surface area (Å²) in [6, 6.07) is 1.43. The summed E-state index contributed by atoms with van der Waals surface area (Å²) in [7, 11) is -3.46. The van der Waals surface area contributed by atoms with Gasteiger partial charge in [0.25, 0.3) is 0 Å². The third-order valence-corrected chi connectivity index (χ3v) is 4.59. The number of halogens is 1. The molecule has 1 heterocycles. The highest BCUT2D eigenvalue weighted by atomic mass is 79.9. The maximum absolute atomic E-state index is 11.9. The lowest BCUT2D eigenvalue weighted by molar-refractivity contribution is 0.570.